The van der Waals surface area contributed by atoms with E-state index >= 15 is 0 Å². The number of aromatic amines is 1. The largest absolute Gasteiger partial charge is 0.458 e. The van der Waals surface area contributed by atoms with Crippen molar-refractivity contribution in [3.8, 4) is 11.5 Å². The first-order chi connectivity index (χ1) is 22.0. The van der Waals surface area contributed by atoms with Crippen molar-refractivity contribution in [1.82, 2.24) is 35.5 Å². The summed E-state index contributed by atoms with van der Waals surface area (Å²) in [6.45, 7) is 19.6. The van der Waals surface area contributed by atoms with Crippen LogP contribution in [0.5, 0.6) is 0 Å². The second kappa shape index (κ2) is 14.7. The number of amides is 2. The molecule has 0 bridgehead atoms. The molecule has 264 valence electrons. The highest BCUT2D eigenvalue weighted by molar-refractivity contribution is 5.85. The Kier molecular flexibility index (Phi) is 11.6. The van der Waals surface area contributed by atoms with Crippen LogP contribution in [0.4, 0.5) is 9.59 Å². The Morgan fingerprint density at radius 2 is 1.38 bits per heavy atom. The van der Waals surface area contributed by atoms with Gasteiger partial charge in [-0.1, -0.05) is 0 Å². The van der Waals surface area contributed by atoms with Crippen molar-refractivity contribution in [1.29, 1.82) is 0 Å². The van der Waals surface area contributed by atoms with Crippen LogP contribution in [0.1, 0.15) is 85.9 Å². The molecule has 48 heavy (non-hydrogen) atoms. The summed E-state index contributed by atoms with van der Waals surface area (Å²) in [5.41, 5.74) is -1.41. The van der Waals surface area contributed by atoms with E-state index in [1.54, 1.807) is 68.4 Å². The summed E-state index contributed by atoms with van der Waals surface area (Å²) in [7, 11) is 0. The summed E-state index contributed by atoms with van der Waals surface area (Å²) in [4.78, 5) is 75.0. The SMILES string of the molecule is Cc1cc2nc3c(=O)[nH]c(=O)nc-3n(C(CNC(CCNC(=O)OC(C)(C)C)CNC(=O)OC(C)(C)C)C(=O)OC(C)(C)C)c2cc1C. The number of aromatic nitrogens is 4. The van der Waals surface area contributed by atoms with Gasteiger partial charge in [0.15, 0.2) is 11.5 Å². The number of hydrogen-bond donors (Lipinski definition) is 4. The highest BCUT2D eigenvalue weighted by atomic mass is 16.6. The standard InChI is InChI=1S/C33H49N7O8/c1-18-14-21-22(15-19(18)2)40(25-24(37-21)26(41)39-28(43)38-25)23(27(42)46-31(3,4)5)17-35-20(16-36-30(45)48-33(9,10)11)12-13-34-29(44)47-32(6,7)8/h14-15,20,23,35H,12-13,16-17H2,1-11H3,(H,34,44)(H,36,45)(H,39,41,43). The van der Waals surface area contributed by atoms with Crippen molar-refractivity contribution >= 4 is 29.2 Å². The molecule has 0 saturated carbocycles. The maximum atomic E-state index is 14.0. The van der Waals surface area contributed by atoms with Crippen LogP contribution in [-0.2, 0) is 19.0 Å². The molecule has 2 aliphatic rings. The van der Waals surface area contributed by atoms with Gasteiger partial charge < -0.3 is 34.7 Å². The van der Waals surface area contributed by atoms with Crippen molar-refractivity contribution < 1.29 is 28.6 Å². The van der Waals surface area contributed by atoms with E-state index in [0.717, 1.165) is 11.1 Å². The lowest BCUT2D eigenvalue weighted by Gasteiger charge is -2.30. The number of nitrogens with one attached hydrogen (secondary N) is 4. The number of nitrogens with zero attached hydrogens (tertiary/aromatic N) is 3. The second-order valence-electron chi connectivity index (χ2n) is 14.7. The summed E-state index contributed by atoms with van der Waals surface area (Å²) < 4.78 is 18.1. The number of H-pyrrole nitrogens is 1. The molecule has 0 saturated heterocycles. The van der Waals surface area contributed by atoms with Gasteiger partial charge in [-0.15, -0.1) is 0 Å². The lowest BCUT2D eigenvalue weighted by atomic mass is 10.1. The number of benzene rings is 1. The van der Waals surface area contributed by atoms with E-state index in [-0.39, 0.29) is 31.2 Å². The van der Waals surface area contributed by atoms with Crippen LogP contribution < -0.4 is 27.2 Å². The molecule has 15 heteroatoms. The van der Waals surface area contributed by atoms with Crippen molar-refractivity contribution in [2.24, 2.45) is 0 Å². The third-order valence-corrected chi connectivity index (χ3v) is 6.81. The van der Waals surface area contributed by atoms with Gasteiger partial charge in [-0.2, -0.15) is 4.98 Å². The van der Waals surface area contributed by atoms with E-state index in [1.807, 2.05) is 19.9 Å². The molecule has 3 rings (SSSR count). The number of carbonyl (C=O) groups excluding carboxylic acids is 3. The smallest absolute Gasteiger partial charge is 0.407 e. The Bertz CT molecular complexity index is 1730. The molecule has 1 aromatic carbocycles. The summed E-state index contributed by atoms with van der Waals surface area (Å²) in [5, 5.41) is 8.76. The van der Waals surface area contributed by atoms with Crippen LogP contribution in [-0.4, -0.2) is 80.2 Å². The number of hydrogen-bond acceptors (Lipinski definition) is 11. The Morgan fingerprint density at radius 3 is 1.96 bits per heavy atom. The van der Waals surface area contributed by atoms with Gasteiger partial charge in [-0.25, -0.2) is 24.2 Å². The predicted octanol–water partition coefficient (Wildman–Crippen LogP) is 3.48. The first kappa shape index (κ1) is 37.9. The monoisotopic (exact) mass is 671 g/mol. The van der Waals surface area contributed by atoms with Crippen molar-refractivity contribution in [2.45, 2.75) is 111 Å². The van der Waals surface area contributed by atoms with Crippen LogP contribution in [0.3, 0.4) is 0 Å². The summed E-state index contributed by atoms with van der Waals surface area (Å²) in [6.07, 6.45) is -0.941. The molecular weight excluding hydrogens is 622 g/mol. The minimum absolute atomic E-state index is 0.0649. The van der Waals surface area contributed by atoms with Crippen LogP contribution in [0.15, 0.2) is 21.7 Å². The molecule has 2 unspecified atom stereocenters. The highest BCUT2D eigenvalue weighted by Crippen LogP contribution is 2.29. The minimum Gasteiger partial charge on any atom is -0.458 e. The average molecular weight is 672 g/mol. The van der Waals surface area contributed by atoms with Gasteiger partial charge in [0.2, 0.25) is 0 Å². The van der Waals surface area contributed by atoms with Gasteiger partial charge in [0, 0.05) is 25.7 Å². The molecule has 4 N–H and O–H groups in total. The van der Waals surface area contributed by atoms with E-state index in [0.29, 0.717) is 17.5 Å². The number of rotatable bonds is 10. The molecule has 2 heterocycles. The zero-order valence-corrected chi connectivity index (χ0v) is 29.7. The van der Waals surface area contributed by atoms with E-state index in [2.05, 4.69) is 30.9 Å². The maximum absolute atomic E-state index is 14.0. The fourth-order valence-electron chi connectivity index (χ4n) is 4.71. The summed E-state index contributed by atoms with van der Waals surface area (Å²) in [6, 6.07) is 1.94. The van der Waals surface area contributed by atoms with E-state index in [4.69, 9.17) is 14.2 Å². The fraction of sp³-hybridized carbons (Fsp3) is 0.606. The first-order valence-corrected chi connectivity index (χ1v) is 15.9. The predicted molar refractivity (Wildman–Crippen MR) is 180 cm³/mol. The van der Waals surface area contributed by atoms with E-state index in [9.17, 15) is 24.0 Å². The Morgan fingerprint density at radius 1 is 0.812 bits per heavy atom. The zero-order chi connectivity index (χ0) is 36.2. The Balaban J connectivity index is 2.06. The molecule has 2 amide bonds. The third kappa shape index (κ3) is 11.0. The topological polar surface area (TPSA) is 196 Å². The summed E-state index contributed by atoms with van der Waals surface area (Å²) >= 11 is 0. The molecule has 15 nitrogen and oxygen atoms in total. The molecule has 2 atom stereocenters. The lowest BCUT2D eigenvalue weighted by molar-refractivity contribution is -0.158. The number of carbonyl (C=O) groups is 3. The number of ether oxygens (including phenoxy) is 3. The highest BCUT2D eigenvalue weighted by Gasteiger charge is 2.33. The normalized spacial score (nSPS) is 13.6. The Labute approximate surface area is 279 Å². The van der Waals surface area contributed by atoms with Crippen molar-refractivity contribution in [2.75, 3.05) is 19.6 Å². The zero-order valence-electron chi connectivity index (χ0n) is 29.7. The molecule has 0 aromatic heterocycles. The molecule has 0 aliphatic carbocycles. The number of alkyl carbamates (subject to hydrolysis) is 2. The lowest BCUT2D eigenvalue weighted by Crippen LogP contribution is -2.47. The third-order valence-electron chi connectivity index (χ3n) is 6.81. The van der Waals surface area contributed by atoms with Crippen LogP contribution >= 0.6 is 0 Å². The second-order valence-corrected chi connectivity index (χ2v) is 14.7. The fourth-order valence-corrected chi connectivity index (χ4v) is 4.71. The molecule has 0 fully saturated rings. The van der Waals surface area contributed by atoms with Gasteiger partial charge in [0.05, 0.1) is 11.0 Å². The van der Waals surface area contributed by atoms with Crippen LogP contribution in [0.25, 0.3) is 22.6 Å². The maximum Gasteiger partial charge on any atom is 0.407 e. The molecule has 2 aliphatic heterocycles. The molecule has 1 aromatic rings. The van der Waals surface area contributed by atoms with Crippen molar-refractivity contribution in [3.63, 3.8) is 0 Å². The number of fused-ring (bicyclic) bond motifs is 2. The van der Waals surface area contributed by atoms with Crippen LogP contribution in [0.2, 0.25) is 0 Å². The van der Waals surface area contributed by atoms with E-state index in [1.165, 1.54) is 4.57 Å². The van der Waals surface area contributed by atoms with Gasteiger partial charge in [0.25, 0.3) is 5.56 Å². The van der Waals surface area contributed by atoms with Gasteiger partial charge >= 0.3 is 23.8 Å². The van der Waals surface area contributed by atoms with Gasteiger partial charge in [0.1, 0.15) is 22.8 Å². The van der Waals surface area contributed by atoms with Gasteiger partial charge in [-0.3, -0.25) is 9.78 Å². The van der Waals surface area contributed by atoms with E-state index < -0.39 is 58.3 Å². The van der Waals surface area contributed by atoms with Crippen molar-refractivity contribution in [3.05, 3.63) is 44.1 Å². The molecule has 0 spiro atoms. The average Bonchev–Trinajstić information content (AvgIpc) is 2.89. The first-order valence-electron chi connectivity index (χ1n) is 15.9. The number of esters is 1. The number of aryl methyl sites for hydroxylation is 2. The van der Waals surface area contributed by atoms with Gasteiger partial charge in [-0.05, 0) is 106 Å². The quantitative estimate of drug-likeness (QED) is 0.140. The molecular formula is C33H49N7O8. The Hall–Kier alpha value is -4.53. The molecule has 0 radical (unpaired) electrons. The minimum atomic E-state index is -1.16. The van der Waals surface area contributed by atoms with Crippen LogP contribution in [0, 0.1) is 13.8 Å². The summed E-state index contributed by atoms with van der Waals surface area (Å²) in [5.74, 6) is -0.750.